The highest BCUT2D eigenvalue weighted by molar-refractivity contribution is 7.12. The van der Waals surface area contributed by atoms with Gasteiger partial charge in [-0.1, -0.05) is 0 Å². The van der Waals surface area contributed by atoms with Gasteiger partial charge in [0, 0.05) is 9.75 Å². The van der Waals surface area contributed by atoms with Crippen molar-refractivity contribution in [3.05, 3.63) is 21.4 Å². The maximum atomic E-state index is 9.28. The Morgan fingerprint density at radius 2 is 2.18 bits per heavy atom. The highest BCUT2D eigenvalue weighted by Crippen LogP contribution is 2.25. The minimum absolute atomic E-state index is 0.197. The molecule has 1 heterocycles. The van der Waals surface area contributed by atoms with E-state index in [0.717, 1.165) is 10.4 Å². The maximum absolute atomic E-state index is 9.28. The molecule has 0 aliphatic rings. The Bertz CT molecular complexity index is 242. The molecular weight excluding hydrogens is 160 g/mol. The maximum Gasteiger partial charge on any atom is 0.103 e. The van der Waals surface area contributed by atoms with Crippen LogP contribution in [0, 0.1) is 13.8 Å². The van der Waals surface area contributed by atoms with E-state index in [0.29, 0.717) is 0 Å². The zero-order valence-electron chi connectivity index (χ0n) is 6.66. The first-order valence-electron chi connectivity index (χ1n) is 3.51. The molecule has 1 aromatic heterocycles. The fraction of sp³-hybridized carbons (Fsp3) is 0.500. The molecule has 1 unspecified atom stereocenters. The number of hydrogen-bond donors (Lipinski definition) is 2. The van der Waals surface area contributed by atoms with E-state index in [-0.39, 0.29) is 6.61 Å². The van der Waals surface area contributed by atoms with Crippen molar-refractivity contribution in [2.24, 2.45) is 0 Å². The second kappa shape index (κ2) is 3.34. The Morgan fingerprint density at radius 3 is 2.55 bits per heavy atom. The average molecular weight is 172 g/mol. The van der Waals surface area contributed by atoms with E-state index in [1.807, 2.05) is 19.9 Å². The van der Waals surface area contributed by atoms with Crippen LogP contribution < -0.4 is 0 Å². The Morgan fingerprint density at radius 1 is 1.55 bits per heavy atom. The summed E-state index contributed by atoms with van der Waals surface area (Å²) >= 11 is 1.64. The van der Waals surface area contributed by atoms with Crippen molar-refractivity contribution in [2.75, 3.05) is 6.61 Å². The monoisotopic (exact) mass is 172 g/mol. The number of rotatable bonds is 2. The third-order valence-electron chi connectivity index (χ3n) is 1.61. The Kier molecular flexibility index (Phi) is 2.65. The summed E-state index contributed by atoms with van der Waals surface area (Å²) in [6.45, 7) is 3.74. The van der Waals surface area contributed by atoms with Gasteiger partial charge in [0.05, 0.1) is 6.61 Å². The van der Waals surface area contributed by atoms with E-state index in [2.05, 4.69) is 0 Å². The Balaban J connectivity index is 2.93. The largest absolute Gasteiger partial charge is 0.393 e. The summed E-state index contributed by atoms with van der Waals surface area (Å²) in [7, 11) is 0. The molecule has 0 bridgehead atoms. The van der Waals surface area contributed by atoms with Crippen LogP contribution in [0.1, 0.15) is 21.4 Å². The summed E-state index contributed by atoms with van der Waals surface area (Å²) in [5.74, 6) is 0. The molecule has 0 saturated heterocycles. The van der Waals surface area contributed by atoms with E-state index in [1.165, 1.54) is 4.88 Å². The normalized spacial score (nSPS) is 13.5. The summed E-state index contributed by atoms with van der Waals surface area (Å²) in [6.07, 6.45) is -0.708. The molecule has 62 valence electrons. The first-order valence-corrected chi connectivity index (χ1v) is 4.32. The number of aryl methyl sites for hydroxylation is 2. The van der Waals surface area contributed by atoms with Gasteiger partial charge in [0.2, 0.25) is 0 Å². The molecule has 0 saturated carbocycles. The molecule has 2 nitrogen and oxygen atoms in total. The van der Waals surface area contributed by atoms with Gasteiger partial charge in [0.25, 0.3) is 0 Å². The summed E-state index contributed by atoms with van der Waals surface area (Å²) in [4.78, 5) is 2.26. The zero-order valence-corrected chi connectivity index (χ0v) is 7.48. The van der Waals surface area contributed by atoms with Crippen molar-refractivity contribution in [2.45, 2.75) is 20.0 Å². The van der Waals surface area contributed by atoms with Crippen LogP contribution in [0.5, 0.6) is 0 Å². The standard InChI is InChI=1S/C8H12O2S/c1-5-3-7(6(2)11-5)8(10)4-9/h3,8-10H,4H2,1-2H3. The molecule has 11 heavy (non-hydrogen) atoms. The van der Waals surface area contributed by atoms with Crippen LogP contribution in [-0.2, 0) is 0 Å². The zero-order chi connectivity index (χ0) is 8.43. The lowest BCUT2D eigenvalue weighted by Gasteiger charge is -2.04. The summed E-state index contributed by atoms with van der Waals surface area (Å²) in [5, 5.41) is 18.0. The average Bonchev–Trinajstić information content (AvgIpc) is 2.28. The van der Waals surface area contributed by atoms with Crippen LogP contribution in [-0.4, -0.2) is 16.8 Å². The van der Waals surface area contributed by atoms with Gasteiger partial charge >= 0.3 is 0 Å². The van der Waals surface area contributed by atoms with Crippen LogP contribution in [0.2, 0.25) is 0 Å². The van der Waals surface area contributed by atoms with E-state index in [1.54, 1.807) is 11.3 Å². The highest BCUT2D eigenvalue weighted by Gasteiger charge is 2.10. The van der Waals surface area contributed by atoms with Crippen LogP contribution >= 0.6 is 11.3 Å². The van der Waals surface area contributed by atoms with Crippen LogP contribution in [0.3, 0.4) is 0 Å². The van der Waals surface area contributed by atoms with Gasteiger partial charge in [0.1, 0.15) is 6.10 Å². The second-order valence-electron chi connectivity index (χ2n) is 2.57. The van der Waals surface area contributed by atoms with Gasteiger partial charge in [-0.2, -0.15) is 0 Å². The predicted molar refractivity (Wildman–Crippen MR) is 45.8 cm³/mol. The minimum Gasteiger partial charge on any atom is -0.393 e. The molecule has 3 heteroatoms. The van der Waals surface area contributed by atoms with Gasteiger partial charge in [-0.15, -0.1) is 11.3 Å². The van der Waals surface area contributed by atoms with Gasteiger partial charge < -0.3 is 10.2 Å². The van der Waals surface area contributed by atoms with E-state index >= 15 is 0 Å². The lowest BCUT2D eigenvalue weighted by Crippen LogP contribution is -2.01. The number of thiophene rings is 1. The number of hydrogen-bond acceptors (Lipinski definition) is 3. The van der Waals surface area contributed by atoms with Crippen molar-refractivity contribution >= 4 is 11.3 Å². The SMILES string of the molecule is Cc1cc(C(O)CO)c(C)s1. The molecule has 0 spiro atoms. The van der Waals surface area contributed by atoms with Gasteiger partial charge in [0.15, 0.2) is 0 Å². The molecule has 1 aromatic rings. The van der Waals surface area contributed by atoms with Crippen molar-refractivity contribution in [3.8, 4) is 0 Å². The van der Waals surface area contributed by atoms with Crippen LogP contribution in [0.4, 0.5) is 0 Å². The molecule has 0 aliphatic carbocycles. The van der Waals surface area contributed by atoms with E-state index in [9.17, 15) is 5.11 Å². The number of aliphatic hydroxyl groups excluding tert-OH is 2. The molecule has 0 fully saturated rings. The second-order valence-corrected chi connectivity index (χ2v) is 4.03. The Hall–Kier alpha value is -0.380. The Labute approximate surface area is 70.1 Å². The van der Waals surface area contributed by atoms with E-state index < -0.39 is 6.10 Å². The molecular formula is C8H12O2S. The first-order chi connectivity index (χ1) is 5.15. The fourth-order valence-corrected chi connectivity index (χ4v) is 2.06. The third-order valence-corrected chi connectivity index (χ3v) is 2.59. The van der Waals surface area contributed by atoms with Crippen molar-refractivity contribution in [1.82, 2.24) is 0 Å². The highest BCUT2D eigenvalue weighted by atomic mass is 32.1. The van der Waals surface area contributed by atoms with Gasteiger partial charge in [-0.3, -0.25) is 0 Å². The topological polar surface area (TPSA) is 40.5 Å². The van der Waals surface area contributed by atoms with Crippen LogP contribution in [0.15, 0.2) is 6.07 Å². The summed E-state index contributed by atoms with van der Waals surface area (Å²) in [6, 6.07) is 1.92. The summed E-state index contributed by atoms with van der Waals surface area (Å²) in [5.41, 5.74) is 0.856. The third kappa shape index (κ3) is 1.80. The smallest absolute Gasteiger partial charge is 0.103 e. The minimum atomic E-state index is -0.708. The van der Waals surface area contributed by atoms with Gasteiger partial charge in [-0.05, 0) is 25.5 Å². The predicted octanol–water partition coefficient (Wildman–Crippen LogP) is 1.39. The van der Waals surface area contributed by atoms with Crippen molar-refractivity contribution < 1.29 is 10.2 Å². The molecule has 1 atom stereocenters. The van der Waals surface area contributed by atoms with Gasteiger partial charge in [-0.25, -0.2) is 0 Å². The lowest BCUT2D eigenvalue weighted by molar-refractivity contribution is 0.0955. The summed E-state index contributed by atoms with van der Waals surface area (Å²) < 4.78 is 0. The lowest BCUT2D eigenvalue weighted by atomic mass is 10.1. The molecule has 0 amide bonds. The van der Waals surface area contributed by atoms with Crippen molar-refractivity contribution in [3.63, 3.8) is 0 Å². The molecule has 0 aromatic carbocycles. The van der Waals surface area contributed by atoms with Crippen LogP contribution in [0.25, 0.3) is 0 Å². The fourth-order valence-electron chi connectivity index (χ4n) is 1.08. The van der Waals surface area contributed by atoms with Crippen molar-refractivity contribution in [1.29, 1.82) is 0 Å². The molecule has 1 rings (SSSR count). The first kappa shape index (κ1) is 8.71. The van der Waals surface area contributed by atoms with E-state index in [4.69, 9.17) is 5.11 Å². The molecule has 0 aliphatic heterocycles. The molecule has 2 N–H and O–H groups in total. The quantitative estimate of drug-likeness (QED) is 0.707. The molecule has 0 radical (unpaired) electrons. The number of aliphatic hydroxyl groups is 2.